The molecule has 3 nitrogen and oxygen atoms in total. The third-order valence-corrected chi connectivity index (χ3v) is 4.05. The molecule has 112 valence electrons. The minimum absolute atomic E-state index is 0.195. The van der Waals surface area contributed by atoms with Crippen LogP contribution in [-0.2, 0) is 10.2 Å². The largest absolute Gasteiger partial charge is 0.379 e. The fraction of sp³-hybridized carbons (Fsp3) is 0.647. The maximum atomic E-state index is 5.36. The molecule has 1 saturated heterocycles. The van der Waals surface area contributed by atoms with E-state index in [1.165, 1.54) is 18.5 Å². The fourth-order valence-corrected chi connectivity index (χ4v) is 2.64. The Bertz CT molecular complexity index is 372. The van der Waals surface area contributed by atoms with Crippen LogP contribution in [0.2, 0.25) is 0 Å². The molecule has 2 rings (SSSR count). The second kappa shape index (κ2) is 7.77. The van der Waals surface area contributed by atoms with Crippen molar-refractivity contribution in [1.29, 1.82) is 0 Å². The van der Waals surface area contributed by atoms with Crippen LogP contribution in [0.1, 0.15) is 25.8 Å². The van der Waals surface area contributed by atoms with Crippen molar-refractivity contribution in [2.24, 2.45) is 0 Å². The second-order valence-electron chi connectivity index (χ2n) is 6.23. The summed E-state index contributed by atoms with van der Waals surface area (Å²) in [6, 6.07) is 10.8. The van der Waals surface area contributed by atoms with Gasteiger partial charge in [0.2, 0.25) is 0 Å². The van der Waals surface area contributed by atoms with Crippen molar-refractivity contribution in [1.82, 2.24) is 10.2 Å². The molecule has 0 bridgehead atoms. The second-order valence-corrected chi connectivity index (χ2v) is 6.23. The van der Waals surface area contributed by atoms with Gasteiger partial charge in [-0.2, -0.15) is 0 Å². The van der Waals surface area contributed by atoms with Crippen LogP contribution in [0.15, 0.2) is 30.3 Å². The molecule has 0 atom stereocenters. The van der Waals surface area contributed by atoms with E-state index < -0.39 is 0 Å². The summed E-state index contributed by atoms with van der Waals surface area (Å²) in [7, 11) is 0. The molecule has 1 aliphatic rings. The number of rotatable bonds is 7. The van der Waals surface area contributed by atoms with Gasteiger partial charge in [-0.15, -0.1) is 0 Å². The standard InChI is InChI=1S/C17H28N2O/c1-17(2,16-7-4-3-5-8-16)15-18-9-6-10-19-11-13-20-14-12-19/h3-5,7-8,18H,6,9-15H2,1-2H3. The quantitative estimate of drug-likeness (QED) is 0.773. The fourth-order valence-electron chi connectivity index (χ4n) is 2.64. The minimum atomic E-state index is 0.195. The highest BCUT2D eigenvalue weighted by Crippen LogP contribution is 2.21. The van der Waals surface area contributed by atoms with Crippen LogP contribution in [-0.4, -0.2) is 50.8 Å². The molecule has 0 saturated carbocycles. The van der Waals surface area contributed by atoms with Crippen LogP contribution in [0.25, 0.3) is 0 Å². The van der Waals surface area contributed by atoms with Crippen LogP contribution >= 0.6 is 0 Å². The highest BCUT2D eigenvalue weighted by molar-refractivity contribution is 5.23. The van der Waals surface area contributed by atoms with Gasteiger partial charge in [-0.1, -0.05) is 44.2 Å². The molecule has 1 N–H and O–H groups in total. The lowest BCUT2D eigenvalue weighted by Crippen LogP contribution is -2.38. The first-order valence-corrected chi connectivity index (χ1v) is 7.75. The zero-order valence-electron chi connectivity index (χ0n) is 12.9. The number of nitrogens with zero attached hydrogens (tertiary/aromatic N) is 1. The lowest BCUT2D eigenvalue weighted by atomic mass is 9.84. The highest BCUT2D eigenvalue weighted by Gasteiger charge is 2.19. The Morgan fingerprint density at radius 2 is 1.85 bits per heavy atom. The van der Waals surface area contributed by atoms with E-state index in [9.17, 15) is 0 Å². The van der Waals surface area contributed by atoms with Crippen LogP contribution in [0.5, 0.6) is 0 Å². The molecule has 0 spiro atoms. The molecule has 1 aromatic carbocycles. The molecular weight excluding hydrogens is 248 g/mol. The number of hydrogen-bond donors (Lipinski definition) is 1. The van der Waals surface area contributed by atoms with Gasteiger partial charge >= 0.3 is 0 Å². The molecule has 0 unspecified atom stereocenters. The predicted molar refractivity (Wildman–Crippen MR) is 84.2 cm³/mol. The van der Waals surface area contributed by atoms with E-state index in [2.05, 4.69) is 54.4 Å². The third-order valence-electron chi connectivity index (χ3n) is 4.05. The normalized spacial score (nSPS) is 17.3. The summed E-state index contributed by atoms with van der Waals surface area (Å²) in [6.07, 6.45) is 1.21. The zero-order chi connectivity index (χ0) is 14.3. The number of ether oxygens (including phenoxy) is 1. The zero-order valence-corrected chi connectivity index (χ0v) is 12.9. The first kappa shape index (κ1) is 15.5. The summed E-state index contributed by atoms with van der Waals surface area (Å²) < 4.78 is 5.36. The summed E-state index contributed by atoms with van der Waals surface area (Å²) in [4.78, 5) is 2.49. The van der Waals surface area contributed by atoms with Crippen molar-refractivity contribution in [3.63, 3.8) is 0 Å². The lowest BCUT2D eigenvalue weighted by Gasteiger charge is -2.28. The van der Waals surface area contributed by atoms with Crippen molar-refractivity contribution in [3.8, 4) is 0 Å². The molecule has 0 radical (unpaired) electrons. The monoisotopic (exact) mass is 276 g/mol. The van der Waals surface area contributed by atoms with Crippen molar-refractivity contribution in [2.75, 3.05) is 45.9 Å². The molecule has 1 fully saturated rings. The smallest absolute Gasteiger partial charge is 0.0594 e. The van der Waals surface area contributed by atoms with Gasteiger partial charge in [0.15, 0.2) is 0 Å². The maximum absolute atomic E-state index is 5.36. The van der Waals surface area contributed by atoms with E-state index in [1.807, 2.05) is 0 Å². The average molecular weight is 276 g/mol. The van der Waals surface area contributed by atoms with E-state index in [-0.39, 0.29) is 5.41 Å². The van der Waals surface area contributed by atoms with Gasteiger partial charge in [0, 0.05) is 25.0 Å². The van der Waals surface area contributed by atoms with Crippen LogP contribution < -0.4 is 5.32 Å². The van der Waals surface area contributed by atoms with Gasteiger partial charge in [0.1, 0.15) is 0 Å². The summed E-state index contributed by atoms with van der Waals surface area (Å²) in [5.41, 5.74) is 1.60. The SMILES string of the molecule is CC(C)(CNCCCN1CCOCC1)c1ccccc1. The maximum Gasteiger partial charge on any atom is 0.0594 e. The summed E-state index contributed by atoms with van der Waals surface area (Å²) >= 11 is 0. The molecule has 1 heterocycles. The van der Waals surface area contributed by atoms with Gasteiger partial charge < -0.3 is 10.1 Å². The predicted octanol–water partition coefficient (Wildman–Crippen LogP) is 2.28. The van der Waals surface area contributed by atoms with Crippen molar-refractivity contribution < 1.29 is 4.74 Å². The van der Waals surface area contributed by atoms with Gasteiger partial charge in [-0.05, 0) is 25.1 Å². The molecule has 0 aromatic heterocycles. The van der Waals surface area contributed by atoms with E-state index in [0.717, 1.165) is 39.4 Å². The van der Waals surface area contributed by atoms with Gasteiger partial charge in [-0.25, -0.2) is 0 Å². The highest BCUT2D eigenvalue weighted by atomic mass is 16.5. The summed E-state index contributed by atoms with van der Waals surface area (Å²) in [6.45, 7) is 11.9. The van der Waals surface area contributed by atoms with Crippen molar-refractivity contribution in [3.05, 3.63) is 35.9 Å². The summed E-state index contributed by atoms with van der Waals surface area (Å²) in [5, 5.41) is 3.61. The Kier molecular flexibility index (Phi) is 6.02. The Hall–Kier alpha value is -0.900. The number of nitrogens with one attached hydrogen (secondary N) is 1. The van der Waals surface area contributed by atoms with Crippen molar-refractivity contribution in [2.45, 2.75) is 25.7 Å². The molecule has 1 aliphatic heterocycles. The molecule has 1 aromatic rings. The van der Waals surface area contributed by atoms with E-state index in [0.29, 0.717) is 0 Å². The molecule has 20 heavy (non-hydrogen) atoms. The van der Waals surface area contributed by atoms with Gasteiger partial charge in [0.05, 0.1) is 13.2 Å². The minimum Gasteiger partial charge on any atom is -0.379 e. The number of morpholine rings is 1. The first-order valence-electron chi connectivity index (χ1n) is 7.75. The van der Waals surface area contributed by atoms with Crippen molar-refractivity contribution >= 4 is 0 Å². The van der Waals surface area contributed by atoms with Crippen LogP contribution in [0.4, 0.5) is 0 Å². The molecule has 3 heteroatoms. The van der Waals surface area contributed by atoms with E-state index in [1.54, 1.807) is 0 Å². The molecular formula is C17H28N2O. The first-order chi connectivity index (χ1) is 9.68. The molecule has 0 amide bonds. The van der Waals surface area contributed by atoms with Gasteiger partial charge in [0.25, 0.3) is 0 Å². The number of benzene rings is 1. The van der Waals surface area contributed by atoms with E-state index in [4.69, 9.17) is 4.74 Å². The van der Waals surface area contributed by atoms with Crippen LogP contribution in [0.3, 0.4) is 0 Å². The lowest BCUT2D eigenvalue weighted by molar-refractivity contribution is 0.0374. The van der Waals surface area contributed by atoms with Crippen LogP contribution in [0, 0.1) is 0 Å². The van der Waals surface area contributed by atoms with E-state index >= 15 is 0 Å². The Balaban J connectivity index is 1.62. The number of hydrogen-bond acceptors (Lipinski definition) is 3. The molecule has 0 aliphatic carbocycles. The Labute approximate surface area is 123 Å². The topological polar surface area (TPSA) is 24.5 Å². The summed E-state index contributed by atoms with van der Waals surface area (Å²) in [5.74, 6) is 0. The Morgan fingerprint density at radius 3 is 2.55 bits per heavy atom. The Morgan fingerprint density at radius 1 is 1.15 bits per heavy atom. The third kappa shape index (κ3) is 4.89. The van der Waals surface area contributed by atoms with Gasteiger partial charge in [-0.3, -0.25) is 4.90 Å². The average Bonchev–Trinajstić information content (AvgIpc) is 2.49.